The van der Waals surface area contributed by atoms with Crippen LogP contribution in [-0.4, -0.2) is 25.8 Å². The number of hydrogen-bond donors (Lipinski definition) is 0. The molecule has 2 aromatic carbocycles. The van der Waals surface area contributed by atoms with Gasteiger partial charge in [0.2, 0.25) is 0 Å². The number of para-hydroxylation sites is 2. The second-order valence-electron chi connectivity index (χ2n) is 5.81. The molecule has 0 saturated heterocycles. The summed E-state index contributed by atoms with van der Waals surface area (Å²) in [4.78, 5) is 12.1. The zero-order chi connectivity index (χ0) is 18.2. The van der Waals surface area contributed by atoms with Crippen LogP contribution >= 0.6 is 0 Å². The van der Waals surface area contributed by atoms with E-state index in [1.165, 1.54) is 6.08 Å². The Bertz CT molecular complexity index is 782. The van der Waals surface area contributed by atoms with Gasteiger partial charge in [0.25, 0.3) is 0 Å². The first-order valence-electron chi connectivity index (χ1n) is 8.77. The number of hydrogen-bond acceptors (Lipinski definition) is 5. The largest absolute Gasteiger partial charge is 0.490 e. The summed E-state index contributed by atoms with van der Waals surface area (Å²) in [5.41, 5.74) is 0.835. The van der Waals surface area contributed by atoms with Crippen molar-refractivity contribution in [1.82, 2.24) is 0 Å². The van der Waals surface area contributed by atoms with Gasteiger partial charge in [-0.25, -0.2) is 4.79 Å². The minimum atomic E-state index is -0.468. The Kier molecular flexibility index (Phi) is 6.14. The predicted molar refractivity (Wildman–Crippen MR) is 98.9 cm³/mol. The summed E-state index contributed by atoms with van der Waals surface area (Å²) in [6, 6.07) is 12.7. The highest BCUT2D eigenvalue weighted by Crippen LogP contribution is 2.31. The molecule has 0 bridgehead atoms. The van der Waals surface area contributed by atoms with Gasteiger partial charge < -0.3 is 18.9 Å². The first-order valence-corrected chi connectivity index (χ1v) is 8.77. The van der Waals surface area contributed by atoms with E-state index in [4.69, 9.17) is 18.9 Å². The molecule has 1 aliphatic rings. The molecule has 1 heterocycles. The third-order valence-corrected chi connectivity index (χ3v) is 3.70. The van der Waals surface area contributed by atoms with Crippen LogP contribution in [0, 0.1) is 0 Å². The molecule has 0 N–H and O–H groups in total. The summed E-state index contributed by atoms with van der Waals surface area (Å²) in [5, 5.41) is 0. The van der Waals surface area contributed by atoms with Crippen LogP contribution < -0.4 is 18.9 Å². The molecule has 136 valence electrons. The Hall–Kier alpha value is -2.95. The molecule has 0 aromatic heterocycles. The maximum absolute atomic E-state index is 12.1. The number of carbonyl (C=O) groups is 1. The summed E-state index contributed by atoms with van der Waals surface area (Å²) in [5.74, 6) is 1.92. The van der Waals surface area contributed by atoms with Crippen molar-refractivity contribution < 1.29 is 23.7 Å². The van der Waals surface area contributed by atoms with E-state index >= 15 is 0 Å². The number of benzene rings is 2. The first kappa shape index (κ1) is 17.9. The topological polar surface area (TPSA) is 54.0 Å². The van der Waals surface area contributed by atoms with E-state index in [0.29, 0.717) is 37.1 Å². The van der Waals surface area contributed by atoms with Gasteiger partial charge in [-0.3, -0.25) is 0 Å². The minimum absolute atomic E-state index is 0.411. The van der Waals surface area contributed by atoms with Crippen molar-refractivity contribution in [3.8, 4) is 23.0 Å². The highest BCUT2D eigenvalue weighted by molar-refractivity contribution is 5.89. The van der Waals surface area contributed by atoms with Crippen molar-refractivity contribution in [2.24, 2.45) is 0 Å². The molecule has 0 spiro atoms. The second kappa shape index (κ2) is 8.94. The maximum atomic E-state index is 12.1. The van der Waals surface area contributed by atoms with Crippen LogP contribution in [0.15, 0.2) is 48.5 Å². The predicted octanol–water partition coefficient (Wildman–Crippen LogP) is 4.26. The van der Waals surface area contributed by atoms with Crippen LogP contribution in [0.2, 0.25) is 0 Å². The lowest BCUT2D eigenvalue weighted by Crippen LogP contribution is -2.06. The van der Waals surface area contributed by atoms with E-state index in [1.54, 1.807) is 24.3 Å². The van der Waals surface area contributed by atoms with Gasteiger partial charge >= 0.3 is 5.97 Å². The molecule has 0 atom stereocenters. The average Bonchev–Trinajstić information content (AvgIpc) is 2.90. The van der Waals surface area contributed by atoms with Crippen molar-refractivity contribution in [2.75, 3.05) is 19.8 Å². The standard InChI is InChI=1S/C21H22O5/c1-2-12-23-17-6-3-4-7-19(17)26-21(22)11-9-16-8-10-18-20(15-16)25-14-5-13-24-18/h3-4,6-11,15H,2,5,12-14H2,1H3/b11-9+. The maximum Gasteiger partial charge on any atom is 0.336 e. The normalized spacial score (nSPS) is 13.3. The number of carbonyl (C=O) groups excluding carboxylic acids is 1. The van der Waals surface area contributed by atoms with Crippen molar-refractivity contribution in [3.05, 3.63) is 54.1 Å². The monoisotopic (exact) mass is 354 g/mol. The van der Waals surface area contributed by atoms with E-state index in [0.717, 1.165) is 24.2 Å². The van der Waals surface area contributed by atoms with Crippen LogP contribution in [0.5, 0.6) is 23.0 Å². The molecule has 0 aliphatic carbocycles. The fourth-order valence-corrected chi connectivity index (χ4v) is 2.46. The van der Waals surface area contributed by atoms with Gasteiger partial charge in [0.15, 0.2) is 23.0 Å². The average molecular weight is 354 g/mol. The lowest BCUT2D eigenvalue weighted by molar-refractivity contribution is -0.129. The van der Waals surface area contributed by atoms with Gasteiger partial charge in [0.05, 0.1) is 19.8 Å². The number of ether oxygens (including phenoxy) is 4. The third-order valence-electron chi connectivity index (χ3n) is 3.70. The Morgan fingerprint density at radius 1 is 1.08 bits per heavy atom. The lowest BCUT2D eigenvalue weighted by atomic mass is 10.2. The number of fused-ring (bicyclic) bond motifs is 1. The van der Waals surface area contributed by atoms with E-state index in [2.05, 4.69) is 0 Å². The summed E-state index contributed by atoms with van der Waals surface area (Å²) >= 11 is 0. The molecule has 0 amide bonds. The number of esters is 1. The molecule has 0 saturated carbocycles. The Balaban J connectivity index is 1.66. The van der Waals surface area contributed by atoms with E-state index in [9.17, 15) is 4.79 Å². The van der Waals surface area contributed by atoms with Crippen LogP contribution in [0.1, 0.15) is 25.3 Å². The first-order chi connectivity index (χ1) is 12.8. The van der Waals surface area contributed by atoms with Crippen molar-refractivity contribution in [1.29, 1.82) is 0 Å². The Morgan fingerprint density at radius 3 is 2.65 bits per heavy atom. The van der Waals surface area contributed by atoms with Gasteiger partial charge in [0.1, 0.15) is 0 Å². The quantitative estimate of drug-likeness (QED) is 0.441. The minimum Gasteiger partial charge on any atom is -0.490 e. The molecular formula is C21H22O5. The van der Waals surface area contributed by atoms with Gasteiger partial charge in [-0.15, -0.1) is 0 Å². The zero-order valence-corrected chi connectivity index (χ0v) is 14.8. The molecule has 1 aliphatic heterocycles. The summed E-state index contributed by atoms with van der Waals surface area (Å²) in [6.07, 6.45) is 4.81. The molecule has 3 rings (SSSR count). The lowest BCUT2D eigenvalue weighted by Gasteiger charge is -2.09. The van der Waals surface area contributed by atoms with Gasteiger partial charge in [-0.1, -0.05) is 25.1 Å². The van der Waals surface area contributed by atoms with Crippen LogP contribution in [0.3, 0.4) is 0 Å². The third kappa shape index (κ3) is 4.79. The molecule has 5 nitrogen and oxygen atoms in total. The smallest absolute Gasteiger partial charge is 0.336 e. The SMILES string of the molecule is CCCOc1ccccc1OC(=O)/C=C/c1ccc2c(c1)OCCCO2. The van der Waals surface area contributed by atoms with Crippen LogP contribution in [0.4, 0.5) is 0 Å². The molecule has 0 unspecified atom stereocenters. The van der Waals surface area contributed by atoms with E-state index < -0.39 is 5.97 Å². The van der Waals surface area contributed by atoms with Crippen molar-refractivity contribution >= 4 is 12.0 Å². The van der Waals surface area contributed by atoms with Crippen LogP contribution in [-0.2, 0) is 4.79 Å². The highest BCUT2D eigenvalue weighted by atomic mass is 16.6. The zero-order valence-electron chi connectivity index (χ0n) is 14.8. The molecule has 5 heteroatoms. The Labute approximate surface area is 153 Å². The summed E-state index contributed by atoms with van der Waals surface area (Å²) in [6.45, 7) is 3.86. The van der Waals surface area contributed by atoms with E-state index in [-0.39, 0.29) is 0 Å². The Morgan fingerprint density at radius 2 is 1.85 bits per heavy atom. The summed E-state index contributed by atoms with van der Waals surface area (Å²) in [7, 11) is 0. The highest BCUT2D eigenvalue weighted by Gasteiger charge is 2.11. The van der Waals surface area contributed by atoms with Gasteiger partial charge in [0, 0.05) is 12.5 Å². The van der Waals surface area contributed by atoms with Gasteiger partial charge in [-0.05, 0) is 42.3 Å². The van der Waals surface area contributed by atoms with Crippen molar-refractivity contribution in [3.63, 3.8) is 0 Å². The summed E-state index contributed by atoms with van der Waals surface area (Å²) < 4.78 is 22.2. The van der Waals surface area contributed by atoms with Crippen molar-refractivity contribution in [2.45, 2.75) is 19.8 Å². The van der Waals surface area contributed by atoms with Gasteiger partial charge in [-0.2, -0.15) is 0 Å². The van der Waals surface area contributed by atoms with E-state index in [1.807, 2.05) is 31.2 Å². The fraction of sp³-hybridized carbons (Fsp3) is 0.286. The number of rotatable bonds is 6. The molecular weight excluding hydrogens is 332 g/mol. The molecule has 0 radical (unpaired) electrons. The second-order valence-corrected chi connectivity index (χ2v) is 5.81. The molecule has 0 fully saturated rings. The van der Waals surface area contributed by atoms with Crippen LogP contribution in [0.25, 0.3) is 6.08 Å². The molecule has 2 aromatic rings. The fourth-order valence-electron chi connectivity index (χ4n) is 2.46. The molecule has 26 heavy (non-hydrogen) atoms.